The first kappa shape index (κ1) is 21.8. The number of nitrogens with zero attached hydrogens (tertiary/aromatic N) is 1. The van der Waals surface area contributed by atoms with Gasteiger partial charge in [-0.25, -0.2) is 0 Å². The van der Waals surface area contributed by atoms with Crippen molar-refractivity contribution in [1.29, 1.82) is 0 Å². The highest BCUT2D eigenvalue weighted by Crippen LogP contribution is 2.17. The van der Waals surface area contributed by atoms with E-state index >= 15 is 0 Å². The van der Waals surface area contributed by atoms with Gasteiger partial charge in [-0.05, 0) is 44.0 Å². The van der Waals surface area contributed by atoms with Crippen molar-refractivity contribution in [3.05, 3.63) is 65.2 Å². The maximum absolute atomic E-state index is 12.9. The van der Waals surface area contributed by atoms with Crippen LogP contribution in [0.15, 0.2) is 54.6 Å². The van der Waals surface area contributed by atoms with Crippen molar-refractivity contribution in [2.24, 2.45) is 0 Å². The van der Waals surface area contributed by atoms with E-state index in [1.165, 1.54) is 4.90 Å². The Morgan fingerprint density at radius 3 is 2.46 bits per heavy atom. The fraction of sp³-hybridized carbons (Fsp3) is 0.364. The largest absolute Gasteiger partial charge is 0.484 e. The molecule has 5 nitrogen and oxygen atoms in total. The molecule has 0 aromatic heterocycles. The molecule has 0 unspecified atom stereocenters. The SMILES string of the molecule is CC[C@H](C)NC(=O)[C@H](C)N(Cc1ccccc1)C(=O)COc1cccc(Cl)c1. The molecular weight excluding hydrogens is 376 g/mol. The highest BCUT2D eigenvalue weighted by Gasteiger charge is 2.27. The summed E-state index contributed by atoms with van der Waals surface area (Å²) >= 11 is 5.96. The minimum atomic E-state index is -0.621. The minimum Gasteiger partial charge on any atom is -0.484 e. The van der Waals surface area contributed by atoms with Crippen LogP contribution in [0.2, 0.25) is 5.02 Å². The molecule has 1 N–H and O–H groups in total. The van der Waals surface area contributed by atoms with Crippen LogP contribution in [0.1, 0.15) is 32.8 Å². The first-order valence-corrected chi connectivity index (χ1v) is 9.80. The number of nitrogens with one attached hydrogen (secondary N) is 1. The molecule has 150 valence electrons. The van der Waals surface area contributed by atoms with Gasteiger partial charge in [0.25, 0.3) is 5.91 Å². The van der Waals surface area contributed by atoms with Gasteiger partial charge in [0.2, 0.25) is 5.91 Å². The highest BCUT2D eigenvalue weighted by atomic mass is 35.5. The monoisotopic (exact) mass is 402 g/mol. The maximum atomic E-state index is 12.9. The molecule has 0 saturated heterocycles. The van der Waals surface area contributed by atoms with Gasteiger partial charge >= 0.3 is 0 Å². The van der Waals surface area contributed by atoms with Gasteiger partial charge in [-0.15, -0.1) is 0 Å². The molecular formula is C22H27ClN2O3. The topological polar surface area (TPSA) is 58.6 Å². The second-order valence-electron chi connectivity index (χ2n) is 6.75. The lowest BCUT2D eigenvalue weighted by atomic mass is 10.1. The van der Waals surface area contributed by atoms with Gasteiger partial charge in [0.15, 0.2) is 6.61 Å². The second kappa shape index (κ2) is 10.7. The Labute approximate surface area is 171 Å². The van der Waals surface area contributed by atoms with E-state index in [9.17, 15) is 9.59 Å². The Bertz CT molecular complexity index is 782. The van der Waals surface area contributed by atoms with Crippen molar-refractivity contribution in [3.8, 4) is 5.75 Å². The molecule has 0 aliphatic rings. The summed E-state index contributed by atoms with van der Waals surface area (Å²) < 4.78 is 5.59. The Morgan fingerprint density at radius 1 is 1.11 bits per heavy atom. The molecule has 0 saturated carbocycles. The number of carbonyl (C=O) groups excluding carboxylic acids is 2. The van der Waals surface area contributed by atoms with Crippen LogP contribution in [-0.4, -0.2) is 35.4 Å². The Balaban J connectivity index is 2.11. The second-order valence-corrected chi connectivity index (χ2v) is 7.18. The van der Waals surface area contributed by atoms with Crippen LogP contribution in [-0.2, 0) is 16.1 Å². The quantitative estimate of drug-likeness (QED) is 0.688. The molecule has 2 amide bonds. The molecule has 0 fully saturated rings. The summed E-state index contributed by atoms with van der Waals surface area (Å²) in [5.74, 6) is 0.0641. The van der Waals surface area contributed by atoms with E-state index in [1.807, 2.05) is 44.2 Å². The van der Waals surface area contributed by atoms with Crippen LogP contribution in [0, 0.1) is 0 Å². The Morgan fingerprint density at radius 2 is 1.82 bits per heavy atom. The Kier molecular flexibility index (Phi) is 8.33. The van der Waals surface area contributed by atoms with Crippen molar-refractivity contribution in [2.75, 3.05) is 6.61 Å². The smallest absolute Gasteiger partial charge is 0.261 e. The van der Waals surface area contributed by atoms with Gasteiger partial charge in [0.1, 0.15) is 11.8 Å². The van der Waals surface area contributed by atoms with Gasteiger partial charge in [-0.3, -0.25) is 9.59 Å². The molecule has 2 aromatic carbocycles. The number of carbonyl (C=O) groups is 2. The van der Waals surface area contributed by atoms with Crippen LogP contribution < -0.4 is 10.1 Å². The third kappa shape index (κ3) is 6.57. The summed E-state index contributed by atoms with van der Waals surface area (Å²) in [4.78, 5) is 27.0. The Hall–Kier alpha value is -2.53. The van der Waals surface area contributed by atoms with Crippen molar-refractivity contribution < 1.29 is 14.3 Å². The van der Waals surface area contributed by atoms with E-state index in [2.05, 4.69) is 5.32 Å². The van der Waals surface area contributed by atoms with E-state index in [4.69, 9.17) is 16.3 Å². The molecule has 2 atom stereocenters. The summed E-state index contributed by atoms with van der Waals surface area (Å²) in [6.07, 6.45) is 0.822. The minimum absolute atomic E-state index is 0.0475. The fourth-order valence-electron chi connectivity index (χ4n) is 2.61. The number of halogens is 1. The zero-order chi connectivity index (χ0) is 20.5. The van der Waals surface area contributed by atoms with Crippen LogP contribution in [0.3, 0.4) is 0 Å². The van der Waals surface area contributed by atoms with Gasteiger partial charge in [-0.1, -0.05) is 54.9 Å². The van der Waals surface area contributed by atoms with Crippen molar-refractivity contribution >= 4 is 23.4 Å². The first-order chi connectivity index (χ1) is 13.4. The van der Waals surface area contributed by atoms with Gasteiger partial charge in [0.05, 0.1) is 0 Å². The third-order valence-corrected chi connectivity index (χ3v) is 4.76. The molecule has 0 aliphatic carbocycles. The lowest BCUT2D eigenvalue weighted by Crippen LogP contribution is -2.50. The van der Waals surface area contributed by atoms with Crippen molar-refractivity contribution in [1.82, 2.24) is 10.2 Å². The maximum Gasteiger partial charge on any atom is 0.261 e. The average molecular weight is 403 g/mol. The molecule has 2 rings (SSSR count). The lowest BCUT2D eigenvalue weighted by molar-refractivity contribution is -0.142. The van der Waals surface area contributed by atoms with E-state index < -0.39 is 6.04 Å². The van der Waals surface area contributed by atoms with E-state index in [0.29, 0.717) is 17.3 Å². The van der Waals surface area contributed by atoms with E-state index in [1.54, 1.807) is 31.2 Å². The zero-order valence-electron chi connectivity index (χ0n) is 16.5. The van der Waals surface area contributed by atoms with E-state index in [-0.39, 0.29) is 24.5 Å². The van der Waals surface area contributed by atoms with E-state index in [0.717, 1.165) is 12.0 Å². The zero-order valence-corrected chi connectivity index (χ0v) is 17.3. The normalized spacial score (nSPS) is 12.7. The van der Waals surface area contributed by atoms with Crippen LogP contribution in [0.4, 0.5) is 0 Å². The van der Waals surface area contributed by atoms with Crippen molar-refractivity contribution in [2.45, 2.75) is 45.8 Å². The van der Waals surface area contributed by atoms with Gasteiger partial charge < -0.3 is 15.0 Å². The number of ether oxygens (including phenoxy) is 1. The molecule has 6 heteroatoms. The lowest BCUT2D eigenvalue weighted by Gasteiger charge is -2.29. The molecule has 0 bridgehead atoms. The van der Waals surface area contributed by atoms with Crippen LogP contribution in [0.25, 0.3) is 0 Å². The fourth-order valence-corrected chi connectivity index (χ4v) is 2.79. The molecule has 0 aliphatic heterocycles. The highest BCUT2D eigenvalue weighted by molar-refractivity contribution is 6.30. The predicted octanol–water partition coefficient (Wildman–Crippen LogP) is 4.05. The summed E-state index contributed by atoms with van der Waals surface area (Å²) in [5.41, 5.74) is 0.946. The molecule has 28 heavy (non-hydrogen) atoms. The molecule has 0 heterocycles. The number of benzene rings is 2. The number of rotatable bonds is 9. The van der Waals surface area contributed by atoms with Gasteiger partial charge in [-0.2, -0.15) is 0 Å². The van der Waals surface area contributed by atoms with Crippen LogP contribution in [0.5, 0.6) is 5.75 Å². The third-order valence-electron chi connectivity index (χ3n) is 4.52. The predicted molar refractivity (Wildman–Crippen MR) is 111 cm³/mol. The molecule has 2 aromatic rings. The molecule has 0 radical (unpaired) electrons. The number of hydrogen-bond donors (Lipinski definition) is 1. The van der Waals surface area contributed by atoms with Crippen molar-refractivity contribution in [3.63, 3.8) is 0 Å². The average Bonchev–Trinajstić information content (AvgIpc) is 2.70. The van der Waals surface area contributed by atoms with Gasteiger partial charge in [0, 0.05) is 17.6 Å². The summed E-state index contributed by atoms with van der Waals surface area (Å²) in [7, 11) is 0. The standard InChI is InChI=1S/C22H27ClN2O3/c1-4-16(2)24-22(27)17(3)25(14-18-9-6-5-7-10-18)21(26)15-28-20-12-8-11-19(23)13-20/h5-13,16-17H,4,14-15H2,1-3H3,(H,24,27)/t16-,17-/m0/s1. The number of amides is 2. The summed E-state index contributed by atoms with van der Waals surface area (Å²) in [6.45, 7) is 5.83. The first-order valence-electron chi connectivity index (χ1n) is 9.42. The number of hydrogen-bond acceptors (Lipinski definition) is 3. The summed E-state index contributed by atoms with van der Waals surface area (Å²) in [6, 6.07) is 15.9. The summed E-state index contributed by atoms with van der Waals surface area (Å²) in [5, 5.41) is 3.48. The van der Waals surface area contributed by atoms with Crippen LogP contribution >= 0.6 is 11.6 Å². The molecule has 0 spiro atoms.